The van der Waals surface area contributed by atoms with Crippen LogP contribution >= 0.6 is 0 Å². The molecule has 0 spiro atoms. The third kappa shape index (κ3) is 5.44. The third-order valence-electron chi connectivity index (χ3n) is 1.34. The van der Waals surface area contributed by atoms with Gasteiger partial charge in [-0.05, 0) is 12.8 Å². The topological polar surface area (TPSA) is 38.7 Å². The van der Waals surface area contributed by atoms with Crippen LogP contribution in [0.3, 0.4) is 0 Å². The van der Waals surface area contributed by atoms with E-state index >= 15 is 0 Å². The van der Waals surface area contributed by atoms with Crippen molar-refractivity contribution in [3.05, 3.63) is 0 Å². The van der Waals surface area contributed by atoms with Gasteiger partial charge in [0.2, 0.25) is 6.08 Å². The lowest BCUT2D eigenvalue weighted by Gasteiger charge is -2.19. The van der Waals surface area contributed by atoms with Crippen molar-refractivity contribution in [3.8, 4) is 0 Å². The molecule has 3 nitrogen and oxygen atoms in total. The Morgan fingerprint density at radius 3 is 2.20 bits per heavy atom. The number of nitrogens with zero attached hydrogens (tertiary/aromatic N) is 1. The first kappa shape index (κ1) is 14.0. The largest absolute Gasteiger partial charge is 0.482 e. The molecule has 0 unspecified atom stereocenters. The number of hydrogen-bond acceptors (Lipinski definition) is 3. The molecule has 15 heavy (non-hydrogen) atoms. The number of alkyl halides is 5. The Kier molecular flexibility index (Phi) is 5.38. The summed E-state index contributed by atoms with van der Waals surface area (Å²) >= 11 is 0. The zero-order valence-electron chi connectivity index (χ0n) is 7.48. The number of unbranched alkanes of at least 4 members (excludes halogenated alkanes) is 1. The molecule has 0 aliphatic heterocycles. The first-order valence-corrected chi connectivity index (χ1v) is 3.93. The minimum Gasteiger partial charge on any atom is -0.313 e. The van der Waals surface area contributed by atoms with E-state index in [0.717, 1.165) is 0 Å². The number of ether oxygens (including phenoxy) is 1. The van der Waals surface area contributed by atoms with Crippen LogP contribution in [-0.4, -0.2) is 31.5 Å². The number of hydrogen-bond donors (Lipinski definition) is 0. The van der Waals surface area contributed by atoms with E-state index in [1.54, 1.807) is 0 Å². The maximum absolute atomic E-state index is 12.1. The van der Waals surface area contributed by atoms with E-state index in [1.165, 1.54) is 6.08 Å². The molecule has 0 aromatic heterocycles. The Labute approximate surface area is 81.9 Å². The molecule has 0 aliphatic carbocycles. The molecule has 88 valence electrons. The molecule has 0 amide bonds. The van der Waals surface area contributed by atoms with E-state index in [2.05, 4.69) is 9.73 Å². The van der Waals surface area contributed by atoms with E-state index in [0.29, 0.717) is 0 Å². The number of isocyanates is 1. The summed E-state index contributed by atoms with van der Waals surface area (Å²) in [4.78, 5) is 12.6. The fourth-order valence-electron chi connectivity index (χ4n) is 0.621. The molecule has 0 saturated carbocycles. The maximum atomic E-state index is 12.1. The quantitative estimate of drug-likeness (QED) is 0.305. The van der Waals surface area contributed by atoms with Gasteiger partial charge in [0.05, 0.1) is 13.2 Å². The summed E-state index contributed by atoms with van der Waals surface area (Å²) < 4.78 is 62.1. The first-order valence-electron chi connectivity index (χ1n) is 3.93. The summed E-state index contributed by atoms with van der Waals surface area (Å²) in [6, 6.07) is 0. The minimum atomic E-state index is -5.70. The lowest BCUT2D eigenvalue weighted by atomic mass is 10.3. The summed E-state index contributed by atoms with van der Waals surface area (Å²) in [5.74, 6) is 0. The molecule has 0 aromatic rings. The third-order valence-corrected chi connectivity index (χ3v) is 1.34. The van der Waals surface area contributed by atoms with Crippen LogP contribution in [0.15, 0.2) is 4.99 Å². The molecule has 8 heteroatoms. The number of halogens is 5. The summed E-state index contributed by atoms with van der Waals surface area (Å²) in [7, 11) is 0. The molecule has 0 heterocycles. The SMILES string of the molecule is O=C=NCCCCOC(F)(F)C(F)(F)F. The second-order valence-corrected chi connectivity index (χ2v) is 2.54. The lowest BCUT2D eigenvalue weighted by Crippen LogP contribution is -2.39. The number of carbonyl (C=O) groups excluding carboxylic acids is 1. The highest BCUT2D eigenvalue weighted by Gasteiger charge is 2.59. The van der Waals surface area contributed by atoms with Crippen molar-refractivity contribution in [2.75, 3.05) is 13.2 Å². The molecule has 0 N–H and O–H groups in total. The first-order chi connectivity index (χ1) is 6.81. The van der Waals surface area contributed by atoms with Gasteiger partial charge in [-0.3, -0.25) is 0 Å². The highest BCUT2D eigenvalue weighted by atomic mass is 19.4. The number of aliphatic imine (C=N–C) groups is 1. The van der Waals surface area contributed by atoms with Crippen LogP contribution in [0.5, 0.6) is 0 Å². The molecular formula is C7H8F5NO2. The predicted molar refractivity (Wildman–Crippen MR) is 39.2 cm³/mol. The molecular weight excluding hydrogens is 225 g/mol. The van der Waals surface area contributed by atoms with Gasteiger partial charge in [0.15, 0.2) is 0 Å². The molecule has 0 aromatic carbocycles. The highest BCUT2D eigenvalue weighted by molar-refractivity contribution is 5.32. The average molecular weight is 233 g/mol. The summed E-state index contributed by atoms with van der Waals surface area (Å²) in [6.45, 7) is -0.717. The van der Waals surface area contributed by atoms with Crippen molar-refractivity contribution in [2.45, 2.75) is 25.1 Å². The van der Waals surface area contributed by atoms with Crippen molar-refractivity contribution in [1.82, 2.24) is 0 Å². The van der Waals surface area contributed by atoms with Gasteiger partial charge in [0, 0.05) is 0 Å². The second kappa shape index (κ2) is 5.77. The monoisotopic (exact) mass is 233 g/mol. The van der Waals surface area contributed by atoms with Gasteiger partial charge in [0.25, 0.3) is 0 Å². The van der Waals surface area contributed by atoms with Crippen LogP contribution in [0.2, 0.25) is 0 Å². The Balaban J connectivity index is 3.71. The molecule has 0 radical (unpaired) electrons. The van der Waals surface area contributed by atoms with Gasteiger partial charge in [-0.15, -0.1) is 0 Å². The average Bonchev–Trinajstić information content (AvgIpc) is 2.09. The lowest BCUT2D eigenvalue weighted by molar-refractivity contribution is -0.391. The zero-order chi connectivity index (χ0) is 11.9. The Morgan fingerprint density at radius 2 is 1.73 bits per heavy atom. The Morgan fingerprint density at radius 1 is 1.13 bits per heavy atom. The van der Waals surface area contributed by atoms with E-state index in [9.17, 15) is 26.7 Å². The van der Waals surface area contributed by atoms with Gasteiger partial charge < -0.3 is 4.74 Å². The van der Waals surface area contributed by atoms with E-state index in [-0.39, 0.29) is 19.4 Å². The van der Waals surface area contributed by atoms with E-state index < -0.39 is 18.9 Å². The van der Waals surface area contributed by atoms with Crippen molar-refractivity contribution in [3.63, 3.8) is 0 Å². The normalized spacial score (nSPS) is 12.3. The van der Waals surface area contributed by atoms with Crippen LogP contribution < -0.4 is 0 Å². The van der Waals surface area contributed by atoms with Crippen LogP contribution in [0, 0.1) is 0 Å². The minimum absolute atomic E-state index is 0.0322. The Bertz CT molecular complexity index is 234. The molecule has 0 fully saturated rings. The van der Waals surface area contributed by atoms with Crippen LogP contribution in [-0.2, 0) is 9.53 Å². The van der Waals surface area contributed by atoms with Crippen LogP contribution in [0.4, 0.5) is 22.0 Å². The predicted octanol–water partition coefficient (Wildman–Crippen LogP) is 2.27. The van der Waals surface area contributed by atoms with Crippen LogP contribution in [0.25, 0.3) is 0 Å². The van der Waals surface area contributed by atoms with Gasteiger partial charge in [-0.1, -0.05) is 0 Å². The highest BCUT2D eigenvalue weighted by Crippen LogP contribution is 2.36. The van der Waals surface area contributed by atoms with Crippen molar-refractivity contribution < 1.29 is 31.5 Å². The summed E-state index contributed by atoms with van der Waals surface area (Å²) in [5.41, 5.74) is 0. The summed E-state index contributed by atoms with van der Waals surface area (Å²) in [6.07, 6.45) is -9.48. The Hall–Kier alpha value is -1.01. The van der Waals surface area contributed by atoms with Gasteiger partial charge >= 0.3 is 12.3 Å². The van der Waals surface area contributed by atoms with Gasteiger partial charge in [-0.2, -0.15) is 22.0 Å². The smallest absolute Gasteiger partial charge is 0.313 e. The van der Waals surface area contributed by atoms with Crippen LogP contribution in [0.1, 0.15) is 12.8 Å². The second-order valence-electron chi connectivity index (χ2n) is 2.54. The van der Waals surface area contributed by atoms with E-state index in [1.807, 2.05) is 0 Å². The molecule has 0 aliphatic rings. The molecule has 0 saturated heterocycles. The standard InChI is InChI=1S/C7H8F5NO2/c8-6(9,10)7(11,12)15-4-2-1-3-13-5-14/h1-4H2. The van der Waals surface area contributed by atoms with Crippen molar-refractivity contribution >= 4 is 6.08 Å². The van der Waals surface area contributed by atoms with E-state index in [4.69, 9.17) is 0 Å². The van der Waals surface area contributed by atoms with Crippen molar-refractivity contribution in [1.29, 1.82) is 0 Å². The molecule has 0 atom stereocenters. The summed E-state index contributed by atoms with van der Waals surface area (Å²) in [5, 5.41) is 0. The van der Waals surface area contributed by atoms with Gasteiger partial charge in [-0.25, -0.2) is 9.79 Å². The maximum Gasteiger partial charge on any atom is 0.482 e. The zero-order valence-corrected chi connectivity index (χ0v) is 7.48. The van der Waals surface area contributed by atoms with Crippen molar-refractivity contribution in [2.24, 2.45) is 4.99 Å². The fourth-order valence-corrected chi connectivity index (χ4v) is 0.621. The fraction of sp³-hybridized carbons (Fsp3) is 0.857. The molecule has 0 bridgehead atoms. The number of rotatable bonds is 6. The molecule has 0 rings (SSSR count). The van der Waals surface area contributed by atoms with Gasteiger partial charge in [0.1, 0.15) is 0 Å².